The molecule has 2 bridgehead atoms. The summed E-state index contributed by atoms with van der Waals surface area (Å²) in [6.07, 6.45) is 15.2. The van der Waals surface area contributed by atoms with Crippen LogP contribution in [0.2, 0.25) is 0 Å². The fourth-order valence-corrected chi connectivity index (χ4v) is 7.91. The van der Waals surface area contributed by atoms with Gasteiger partial charge >= 0.3 is 0 Å². The number of piperidine rings is 2. The molecular formula is C35H41N9O3. The molecule has 0 radical (unpaired) electrons. The summed E-state index contributed by atoms with van der Waals surface area (Å²) in [5, 5.41) is 9.80. The largest absolute Gasteiger partial charge is 0.491 e. The van der Waals surface area contributed by atoms with E-state index in [0.717, 1.165) is 69.6 Å². The van der Waals surface area contributed by atoms with Crippen molar-refractivity contribution in [1.82, 2.24) is 34.1 Å². The summed E-state index contributed by atoms with van der Waals surface area (Å²) in [6, 6.07) is 9.16. The molecule has 12 heteroatoms. The summed E-state index contributed by atoms with van der Waals surface area (Å²) in [7, 11) is 1.64. The number of rotatable bonds is 9. The first-order valence-electron chi connectivity index (χ1n) is 16.8. The molecular weight excluding hydrogens is 594 g/mol. The SMILES string of the molecule is COc1ccc(CN2C3CC2CN(c2cnc(-c4cc(OCCN5CCC6(CCOCC6)CC5)cn5cnc(C#N)c45)cn2)C3)cn1. The van der Waals surface area contributed by atoms with Gasteiger partial charge in [-0.3, -0.25) is 14.8 Å². The lowest BCUT2D eigenvalue weighted by Gasteiger charge is -2.56. The molecule has 5 aliphatic heterocycles. The summed E-state index contributed by atoms with van der Waals surface area (Å²) >= 11 is 0. The van der Waals surface area contributed by atoms with Gasteiger partial charge in [-0.2, -0.15) is 5.26 Å². The molecule has 12 nitrogen and oxygen atoms in total. The molecule has 2 unspecified atom stereocenters. The van der Waals surface area contributed by atoms with Crippen molar-refractivity contribution in [3.05, 3.63) is 60.6 Å². The van der Waals surface area contributed by atoms with Crippen LogP contribution in [0.1, 0.15) is 43.4 Å². The van der Waals surface area contributed by atoms with E-state index < -0.39 is 0 Å². The zero-order valence-corrected chi connectivity index (χ0v) is 26.9. The van der Waals surface area contributed by atoms with Gasteiger partial charge in [-0.15, -0.1) is 0 Å². The van der Waals surface area contributed by atoms with Crippen LogP contribution < -0.4 is 14.4 Å². The van der Waals surface area contributed by atoms with E-state index in [9.17, 15) is 5.26 Å². The Hall–Kier alpha value is -4.31. The number of aromatic nitrogens is 5. The van der Waals surface area contributed by atoms with Crippen LogP contribution in [0.15, 0.2) is 49.3 Å². The molecule has 0 N–H and O–H groups in total. The topological polar surface area (TPSA) is 117 Å². The highest BCUT2D eigenvalue weighted by molar-refractivity contribution is 5.82. The number of likely N-dealkylation sites (tertiary alicyclic amines) is 1. The number of piperazine rings is 1. The predicted octanol–water partition coefficient (Wildman–Crippen LogP) is 3.80. The fourth-order valence-electron chi connectivity index (χ4n) is 7.91. The van der Waals surface area contributed by atoms with Crippen LogP contribution in [0, 0.1) is 16.7 Å². The van der Waals surface area contributed by atoms with E-state index in [1.165, 1.54) is 37.7 Å². The molecule has 9 rings (SSSR count). The number of fused-ring (bicyclic) bond motifs is 3. The first kappa shape index (κ1) is 30.1. The Morgan fingerprint density at radius 2 is 1.83 bits per heavy atom. The summed E-state index contributed by atoms with van der Waals surface area (Å²) in [6.45, 7) is 8.22. The number of nitrogens with zero attached hydrogens (tertiary/aromatic N) is 9. The molecule has 0 aromatic carbocycles. The second-order valence-corrected chi connectivity index (χ2v) is 13.4. The van der Waals surface area contributed by atoms with Crippen LogP contribution in [-0.4, -0.2) is 106 Å². The monoisotopic (exact) mass is 635 g/mol. The summed E-state index contributed by atoms with van der Waals surface area (Å²) in [5.74, 6) is 2.23. The third-order valence-electron chi connectivity index (χ3n) is 10.8. The molecule has 4 aromatic rings. The Bertz CT molecular complexity index is 1730. The van der Waals surface area contributed by atoms with E-state index in [0.29, 0.717) is 46.9 Å². The predicted molar refractivity (Wildman–Crippen MR) is 175 cm³/mol. The number of ether oxygens (including phenoxy) is 3. The number of hydrogen-bond donors (Lipinski definition) is 0. The number of hydrogen-bond acceptors (Lipinski definition) is 11. The van der Waals surface area contributed by atoms with Crippen molar-refractivity contribution in [2.75, 3.05) is 64.6 Å². The molecule has 4 aromatic heterocycles. The van der Waals surface area contributed by atoms with Gasteiger partial charge in [0.1, 0.15) is 30.6 Å². The van der Waals surface area contributed by atoms with Crippen molar-refractivity contribution in [1.29, 1.82) is 5.26 Å². The molecule has 1 spiro atoms. The normalized spacial score (nSPS) is 22.6. The van der Waals surface area contributed by atoms with Crippen LogP contribution >= 0.6 is 0 Å². The first-order valence-corrected chi connectivity index (χ1v) is 16.8. The fraction of sp³-hybridized carbons (Fsp3) is 0.514. The van der Waals surface area contributed by atoms with Gasteiger partial charge in [-0.05, 0) is 62.2 Å². The highest BCUT2D eigenvalue weighted by atomic mass is 16.5. The maximum absolute atomic E-state index is 9.80. The van der Waals surface area contributed by atoms with Crippen molar-refractivity contribution < 1.29 is 14.2 Å². The van der Waals surface area contributed by atoms with Gasteiger partial charge in [-0.1, -0.05) is 6.07 Å². The Morgan fingerprint density at radius 1 is 1.00 bits per heavy atom. The molecule has 0 amide bonds. The first-order chi connectivity index (χ1) is 23.1. The molecule has 0 aliphatic carbocycles. The van der Waals surface area contributed by atoms with Crippen LogP contribution in [-0.2, 0) is 11.3 Å². The molecule has 244 valence electrons. The summed E-state index contributed by atoms with van der Waals surface area (Å²) in [4.78, 5) is 25.8. The Labute approximate surface area is 274 Å². The molecule has 9 heterocycles. The Balaban J connectivity index is 0.921. The number of nitriles is 1. The van der Waals surface area contributed by atoms with Gasteiger partial charge in [-0.25, -0.2) is 15.0 Å². The quantitative estimate of drug-likeness (QED) is 0.267. The van der Waals surface area contributed by atoms with E-state index in [1.54, 1.807) is 13.4 Å². The van der Waals surface area contributed by atoms with Crippen LogP contribution in [0.25, 0.3) is 16.8 Å². The molecule has 0 saturated carbocycles. The zero-order chi connectivity index (χ0) is 31.8. The van der Waals surface area contributed by atoms with Crippen LogP contribution in [0.5, 0.6) is 11.6 Å². The Kier molecular flexibility index (Phi) is 8.13. The molecule has 5 fully saturated rings. The van der Waals surface area contributed by atoms with Gasteiger partial charge in [0.25, 0.3) is 0 Å². The van der Waals surface area contributed by atoms with Crippen LogP contribution in [0.4, 0.5) is 5.82 Å². The lowest BCUT2D eigenvalue weighted by atomic mass is 9.72. The average Bonchev–Trinajstić information content (AvgIpc) is 3.55. The minimum atomic E-state index is 0.357. The summed E-state index contributed by atoms with van der Waals surface area (Å²) in [5.41, 5.74) is 4.22. The van der Waals surface area contributed by atoms with Crippen molar-refractivity contribution >= 4 is 11.3 Å². The van der Waals surface area contributed by atoms with Gasteiger partial charge in [0.05, 0.1) is 36.9 Å². The highest BCUT2D eigenvalue weighted by Crippen LogP contribution is 2.40. The van der Waals surface area contributed by atoms with Crippen molar-refractivity contribution in [3.63, 3.8) is 0 Å². The minimum Gasteiger partial charge on any atom is -0.491 e. The molecule has 2 atom stereocenters. The second-order valence-electron chi connectivity index (χ2n) is 13.4. The van der Waals surface area contributed by atoms with Crippen molar-refractivity contribution in [2.24, 2.45) is 5.41 Å². The van der Waals surface area contributed by atoms with Gasteiger partial charge in [0.15, 0.2) is 5.69 Å². The number of pyridine rings is 2. The lowest BCUT2D eigenvalue weighted by molar-refractivity contribution is -0.0219. The molecule has 5 aliphatic rings. The maximum Gasteiger partial charge on any atom is 0.212 e. The highest BCUT2D eigenvalue weighted by Gasteiger charge is 2.44. The van der Waals surface area contributed by atoms with E-state index in [-0.39, 0.29) is 0 Å². The maximum atomic E-state index is 9.80. The number of imidazole rings is 1. The van der Waals surface area contributed by atoms with Crippen molar-refractivity contribution in [3.8, 4) is 29.0 Å². The van der Waals surface area contributed by atoms with E-state index in [1.807, 2.05) is 41.3 Å². The van der Waals surface area contributed by atoms with E-state index in [4.69, 9.17) is 24.2 Å². The smallest absolute Gasteiger partial charge is 0.212 e. The van der Waals surface area contributed by atoms with Gasteiger partial charge in [0.2, 0.25) is 5.88 Å². The van der Waals surface area contributed by atoms with E-state index >= 15 is 0 Å². The third kappa shape index (κ3) is 5.99. The molecule has 5 saturated heterocycles. The van der Waals surface area contributed by atoms with Gasteiger partial charge < -0.3 is 23.5 Å². The zero-order valence-electron chi connectivity index (χ0n) is 26.9. The Morgan fingerprint density at radius 3 is 2.53 bits per heavy atom. The number of anilines is 1. The van der Waals surface area contributed by atoms with E-state index in [2.05, 4.69) is 36.8 Å². The third-order valence-corrected chi connectivity index (χ3v) is 10.8. The number of methoxy groups -OCH3 is 1. The van der Waals surface area contributed by atoms with Crippen LogP contribution in [0.3, 0.4) is 0 Å². The summed E-state index contributed by atoms with van der Waals surface area (Å²) < 4.78 is 19.0. The molecule has 47 heavy (non-hydrogen) atoms. The standard InChI is InChI=1S/C35H41N9O3/c1-45-33-3-2-25(17-39-33)20-44-26-14-27(44)22-42(21-26)32-19-37-31(18-38-32)29-15-28(23-43-24-40-30(16-36)34(29)43)47-13-10-41-8-4-35(5-9-41)6-11-46-12-7-35/h2-3,15,17-19,23-24,26-27H,4-14,20-22H2,1H3. The average molecular weight is 636 g/mol. The van der Waals surface area contributed by atoms with Gasteiger partial charge in [0, 0.05) is 69.3 Å². The lowest BCUT2D eigenvalue weighted by Crippen LogP contribution is -2.68. The minimum absolute atomic E-state index is 0.357. The van der Waals surface area contributed by atoms with Crippen molar-refractivity contribution in [2.45, 2.75) is 50.7 Å². The second kappa shape index (κ2) is 12.7.